The van der Waals surface area contributed by atoms with Crippen LogP contribution in [0.25, 0.3) is 0 Å². The summed E-state index contributed by atoms with van der Waals surface area (Å²) in [5.41, 5.74) is 0.725. The number of aliphatic imine (C=N–C) groups is 1. The molecule has 0 fully saturated rings. The number of guanidine groups is 1. The number of hydrogen-bond donors (Lipinski definition) is 2. The van der Waals surface area contributed by atoms with Crippen LogP contribution in [-0.2, 0) is 19.5 Å². The molecule has 2 N–H and O–H groups in total. The molecule has 136 valence electrons. The molecule has 0 atom stereocenters. The molecular weight excluding hydrogens is 387 g/mol. The number of nitrogens with one attached hydrogen (secondary N) is 2. The third-order valence-electron chi connectivity index (χ3n) is 3.69. The van der Waals surface area contributed by atoms with Crippen LogP contribution in [0.15, 0.2) is 34.0 Å². The van der Waals surface area contributed by atoms with Crippen LogP contribution in [0, 0.1) is 5.82 Å². The Labute approximate surface area is 156 Å². The van der Waals surface area contributed by atoms with Crippen LogP contribution in [-0.4, -0.2) is 33.8 Å². The van der Waals surface area contributed by atoms with E-state index in [0.29, 0.717) is 19.5 Å². The van der Waals surface area contributed by atoms with Crippen molar-refractivity contribution in [2.45, 2.75) is 39.8 Å². The van der Waals surface area contributed by atoms with Crippen molar-refractivity contribution in [3.63, 3.8) is 0 Å². The van der Waals surface area contributed by atoms with E-state index in [-0.39, 0.29) is 5.82 Å². The normalized spacial score (nSPS) is 11.6. The number of aryl methyl sites for hydroxylation is 2. The number of halogens is 2. The van der Waals surface area contributed by atoms with Gasteiger partial charge in [0.15, 0.2) is 11.8 Å². The Morgan fingerprint density at radius 2 is 2.16 bits per heavy atom. The highest BCUT2D eigenvalue weighted by Gasteiger charge is 2.05. The fraction of sp³-hybridized carbons (Fsp3) is 0.471. The van der Waals surface area contributed by atoms with Gasteiger partial charge in [-0.15, -0.1) is 10.2 Å². The van der Waals surface area contributed by atoms with E-state index in [4.69, 9.17) is 0 Å². The van der Waals surface area contributed by atoms with Gasteiger partial charge < -0.3 is 15.2 Å². The number of aromatic nitrogens is 3. The second kappa shape index (κ2) is 10.1. The molecule has 0 radical (unpaired) electrons. The molecule has 1 aromatic carbocycles. The molecule has 0 amide bonds. The third-order valence-corrected chi connectivity index (χ3v) is 4.18. The smallest absolute Gasteiger partial charge is 0.191 e. The van der Waals surface area contributed by atoms with Crippen molar-refractivity contribution in [3.05, 3.63) is 46.2 Å². The molecule has 0 aliphatic heterocycles. The Morgan fingerprint density at radius 1 is 1.32 bits per heavy atom. The van der Waals surface area contributed by atoms with Crippen molar-refractivity contribution in [1.29, 1.82) is 0 Å². The van der Waals surface area contributed by atoms with Gasteiger partial charge in [0.2, 0.25) is 0 Å². The maximum absolute atomic E-state index is 13.8. The molecule has 6 nitrogen and oxygen atoms in total. The van der Waals surface area contributed by atoms with Gasteiger partial charge in [0.25, 0.3) is 0 Å². The summed E-state index contributed by atoms with van der Waals surface area (Å²) in [5.74, 6) is 1.38. The van der Waals surface area contributed by atoms with E-state index in [0.717, 1.165) is 41.3 Å². The summed E-state index contributed by atoms with van der Waals surface area (Å²) >= 11 is 3.27. The molecule has 0 aliphatic rings. The highest BCUT2D eigenvalue weighted by Crippen LogP contribution is 2.16. The van der Waals surface area contributed by atoms with Crippen LogP contribution >= 0.6 is 15.9 Å². The number of benzene rings is 1. The van der Waals surface area contributed by atoms with E-state index in [2.05, 4.69) is 41.8 Å². The van der Waals surface area contributed by atoms with Crippen molar-refractivity contribution < 1.29 is 4.39 Å². The lowest BCUT2D eigenvalue weighted by Crippen LogP contribution is -2.38. The van der Waals surface area contributed by atoms with E-state index in [1.54, 1.807) is 6.33 Å². The van der Waals surface area contributed by atoms with Gasteiger partial charge >= 0.3 is 0 Å². The first-order chi connectivity index (χ1) is 12.1. The van der Waals surface area contributed by atoms with Gasteiger partial charge in [0, 0.05) is 24.1 Å². The summed E-state index contributed by atoms with van der Waals surface area (Å²) in [6, 6.07) is 5.18. The molecule has 0 bridgehead atoms. The lowest BCUT2D eigenvalue weighted by atomic mass is 10.1. The van der Waals surface area contributed by atoms with Gasteiger partial charge in [-0.05, 0) is 44.4 Å². The lowest BCUT2D eigenvalue weighted by Gasteiger charge is -2.11. The first-order valence-corrected chi connectivity index (χ1v) is 9.26. The predicted molar refractivity (Wildman–Crippen MR) is 101 cm³/mol. The minimum atomic E-state index is -0.172. The second-order valence-corrected chi connectivity index (χ2v) is 6.41. The molecule has 0 unspecified atom stereocenters. The summed E-state index contributed by atoms with van der Waals surface area (Å²) in [7, 11) is 0. The molecule has 1 aromatic heterocycles. The maximum atomic E-state index is 13.8. The van der Waals surface area contributed by atoms with E-state index in [9.17, 15) is 4.39 Å². The fourth-order valence-corrected chi connectivity index (χ4v) is 2.70. The van der Waals surface area contributed by atoms with Gasteiger partial charge in [0.05, 0.1) is 0 Å². The second-order valence-electron chi connectivity index (χ2n) is 5.49. The van der Waals surface area contributed by atoms with Gasteiger partial charge in [-0.1, -0.05) is 22.0 Å². The Balaban J connectivity index is 1.83. The summed E-state index contributed by atoms with van der Waals surface area (Å²) in [5, 5.41) is 14.5. The topological polar surface area (TPSA) is 67.1 Å². The van der Waals surface area contributed by atoms with E-state index in [1.165, 1.54) is 6.07 Å². The summed E-state index contributed by atoms with van der Waals surface area (Å²) < 4.78 is 16.5. The molecule has 0 aliphatic carbocycles. The van der Waals surface area contributed by atoms with Crippen LogP contribution in [0.5, 0.6) is 0 Å². The van der Waals surface area contributed by atoms with Gasteiger partial charge in [-0.2, -0.15) is 0 Å². The minimum absolute atomic E-state index is 0.172. The van der Waals surface area contributed by atoms with Crippen molar-refractivity contribution in [2.75, 3.05) is 13.1 Å². The first-order valence-electron chi connectivity index (χ1n) is 8.46. The van der Waals surface area contributed by atoms with Crippen LogP contribution in [0.4, 0.5) is 4.39 Å². The molecule has 0 spiro atoms. The molecule has 0 saturated heterocycles. The number of nitrogens with zero attached hydrogens (tertiary/aromatic N) is 4. The average Bonchev–Trinajstić information content (AvgIpc) is 3.05. The maximum Gasteiger partial charge on any atom is 0.191 e. The van der Waals surface area contributed by atoms with E-state index >= 15 is 0 Å². The van der Waals surface area contributed by atoms with Crippen LogP contribution in [0.3, 0.4) is 0 Å². The van der Waals surface area contributed by atoms with Crippen LogP contribution < -0.4 is 10.6 Å². The Bertz CT molecular complexity index is 700. The van der Waals surface area contributed by atoms with Crippen molar-refractivity contribution in [2.24, 2.45) is 4.99 Å². The molecule has 8 heteroatoms. The quantitative estimate of drug-likeness (QED) is 0.398. The van der Waals surface area contributed by atoms with Crippen molar-refractivity contribution in [1.82, 2.24) is 25.4 Å². The Hall–Kier alpha value is -1.96. The average molecular weight is 411 g/mol. The van der Waals surface area contributed by atoms with Gasteiger partial charge in [-0.25, -0.2) is 9.38 Å². The van der Waals surface area contributed by atoms with Crippen LogP contribution in [0.1, 0.15) is 31.7 Å². The highest BCUT2D eigenvalue weighted by atomic mass is 79.9. The highest BCUT2D eigenvalue weighted by molar-refractivity contribution is 9.10. The molecule has 0 saturated carbocycles. The zero-order valence-corrected chi connectivity index (χ0v) is 16.2. The predicted octanol–water partition coefficient (Wildman–Crippen LogP) is 2.89. The molecule has 2 rings (SSSR count). The summed E-state index contributed by atoms with van der Waals surface area (Å²) in [6.45, 7) is 6.82. The van der Waals surface area contributed by atoms with Gasteiger partial charge in [0.1, 0.15) is 18.7 Å². The SMILES string of the molecule is CCNC(=NCc1nncn1CC)NCCCc1ccc(Br)cc1F. The zero-order chi connectivity index (χ0) is 18.1. The lowest BCUT2D eigenvalue weighted by molar-refractivity contribution is 0.601. The Kier molecular flexibility index (Phi) is 7.84. The standard InChI is InChI=1S/C17H24BrFN6/c1-3-20-17(22-11-16-24-23-12-25(16)4-2)21-9-5-6-13-7-8-14(18)10-15(13)19/h7-8,10,12H,3-6,9,11H2,1-2H3,(H2,20,21,22). The monoisotopic (exact) mass is 410 g/mol. The minimum Gasteiger partial charge on any atom is -0.357 e. The first kappa shape index (κ1) is 19.4. The van der Waals surface area contributed by atoms with E-state index in [1.807, 2.05) is 30.5 Å². The summed E-state index contributed by atoms with van der Waals surface area (Å²) in [6.07, 6.45) is 3.20. The van der Waals surface area contributed by atoms with Crippen molar-refractivity contribution >= 4 is 21.9 Å². The van der Waals surface area contributed by atoms with Gasteiger partial charge in [-0.3, -0.25) is 0 Å². The fourth-order valence-electron chi connectivity index (χ4n) is 2.37. The third kappa shape index (κ3) is 6.12. The van der Waals surface area contributed by atoms with E-state index < -0.39 is 0 Å². The van der Waals surface area contributed by atoms with Crippen LogP contribution in [0.2, 0.25) is 0 Å². The molecule has 2 aromatic rings. The zero-order valence-electron chi connectivity index (χ0n) is 14.6. The molecular formula is C17H24BrFN6. The summed E-state index contributed by atoms with van der Waals surface area (Å²) in [4.78, 5) is 4.53. The molecule has 1 heterocycles. The van der Waals surface area contributed by atoms with Crippen molar-refractivity contribution in [3.8, 4) is 0 Å². The number of rotatable bonds is 8. The largest absolute Gasteiger partial charge is 0.357 e. The Morgan fingerprint density at radius 3 is 2.88 bits per heavy atom. The molecule has 25 heavy (non-hydrogen) atoms. The number of hydrogen-bond acceptors (Lipinski definition) is 3.